The molecular weight excluding hydrogens is 324 g/mol. The monoisotopic (exact) mass is 348 g/mol. The SMILES string of the molecule is CN(CC(=O)N1CCC(C(=O)O)CC1)C(=O)c1c(C2CC2)cnn1C. The van der Waals surface area contributed by atoms with Gasteiger partial charge in [0.1, 0.15) is 5.69 Å². The van der Waals surface area contributed by atoms with E-state index in [9.17, 15) is 14.4 Å². The highest BCUT2D eigenvalue weighted by Crippen LogP contribution is 2.41. The third kappa shape index (κ3) is 3.67. The number of aliphatic carboxylic acids is 1. The highest BCUT2D eigenvalue weighted by atomic mass is 16.4. The van der Waals surface area contributed by atoms with Gasteiger partial charge in [-0.3, -0.25) is 19.1 Å². The molecule has 0 unspecified atom stereocenters. The minimum Gasteiger partial charge on any atom is -0.481 e. The number of carboxylic acids is 1. The number of amides is 2. The second-order valence-electron chi connectivity index (χ2n) is 7.00. The molecule has 0 bridgehead atoms. The van der Waals surface area contributed by atoms with Gasteiger partial charge >= 0.3 is 5.97 Å². The van der Waals surface area contributed by atoms with Crippen LogP contribution in [-0.2, 0) is 16.6 Å². The van der Waals surface area contributed by atoms with Crippen molar-refractivity contribution in [1.82, 2.24) is 19.6 Å². The molecule has 2 heterocycles. The minimum atomic E-state index is -0.803. The number of aryl methyl sites for hydroxylation is 1. The van der Waals surface area contributed by atoms with Crippen molar-refractivity contribution in [2.75, 3.05) is 26.7 Å². The van der Waals surface area contributed by atoms with Crippen LogP contribution in [0.3, 0.4) is 0 Å². The summed E-state index contributed by atoms with van der Waals surface area (Å²) in [6.45, 7) is 0.847. The van der Waals surface area contributed by atoms with E-state index in [1.165, 1.54) is 4.90 Å². The van der Waals surface area contributed by atoms with E-state index in [-0.39, 0.29) is 24.3 Å². The van der Waals surface area contributed by atoms with Gasteiger partial charge in [0.05, 0.1) is 18.7 Å². The highest BCUT2D eigenvalue weighted by molar-refractivity contribution is 5.96. The summed E-state index contributed by atoms with van der Waals surface area (Å²) < 4.78 is 1.58. The Kier molecular flexibility index (Phi) is 4.78. The van der Waals surface area contributed by atoms with Crippen LogP contribution in [0.4, 0.5) is 0 Å². The number of likely N-dealkylation sites (N-methyl/N-ethyl adjacent to an activating group) is 1. The molecule has 0 radical (unpaired) electrons. The van der Waals surface area contributed by atoms with E-state index in [2.05, 4.69) is 5.10 Å². The highest BCUT2D eigenvalue weighted by Gasteiger charge is 2.33. The summed E-state index contributed by atoms with van der Waals surface area (Å²) in [4.78, 5) is 39.3. The van der Waals surface area contributed by atoms with Gasteiger partial charge in [-0.2, -0.15) is 5.10 Å². The molecule has 8 nitrogen and oxygen atoms in total. The first-order valence-corrected chi connectivity index (χ1v) is 8.66. The van der Waals surface area contributed by atoms with E-state index in [1.54, 1.807) is 29.9 Å². The van der Waals surface area contributed by atoms with Crippen molar-refractivity contribution in [3.05, 3.63) is 17.5 Å². The lowest BCUT2D eigenvalue weighted by Crippen LogP contribution is -2.45. The minimum absolute atomic E-state index is 0.00808. The van der Waals surface area contributed by atoms with E-state index >= 15 is 0 Å². The summed E-state index contributed by atoms with van der Waals surface area (Å²) in [7, 11) is 3.36. The lowest BCUT2D eigenvalue weighted by atomic mass is 9.97. The van der Waals surface area contributed by atoms with Crippen LogP contribution in [0.5, 0.6) is 0 Å². The summed E-state index contributed by atoms with van der Waals surface area (Å²) >= 11 is 0. The smallest absolute Gasteiger partial charge is 0.306 e. The summed E-state index contributed by atoms with van der Waals surface area (Å²) in [5.41, 5.74) is 1.52. The van der Waals surface area contributed by atoms with Gasteiger partial charge in [-0.05, 0) is 31.6 Å². The fraction of sp³-hybridized carbons (Fsp3) is 0.647. The third-order valence-electron chi connectivity index (χ3n) is 5.10. The van der Waals surface area contributed by atoms with Crippen molar-refractivity contribution < 1.29 is 19.5 Å². The lowest BCUT2D eigenvalue weighted by Gasteiger charge is -2.31. The van der Waals surface area contributed by atoms with Gasteiger partial charge in [-0.25, -0.2) is 0 Å². The zero-order chi connectivity index (χ0) is 18.1. The Bertz CT molecular complexity index is 687. The number of hydrogen-bond donors (Lipinski definition) is 1. The van der Waals surface area contributed by atoms with E-state index in [4.69, 9.17) is 5.11 Å². The second kappa shape index (κ2) is 6.85. The number of likely N-dealkylation sites (tertiary alicyclic amines) is 1. The largest absolute Gasteiger partial charge is 0.481 e. The van der Waals surface area contributed by atoms with Gasteiger partial charge < -0.3 is 14.9 Å². The molecule has 1 aliphatic heterocycles. The number of carbonyl (C=O) groups excluding carboxylic acids is 2. The maximum atomic E-state index is 12.8. The quantitative estimate of drug-likeness (QED) is 0.845. The van der Waals surface area contributed by atoms with Gasteiger partial charge in [-0.1, -0.05) is 0 Å². The average Bonchev–Trinajstić information content (AvgIpc) is 3.36. The predicted molar refractivity (Wildman–Crippen MR) is 89.1 cm³/mol. The van der Waals surface area contributed by atoms with Crippen molar-refractivity contribution in [1.29, 1.82) is 0 Å². The number of nitrogens with zero attached hydrogens (tertiary/aromatic N) is 4. The Labute approximate surface area is 146 Å². The van der Waals surface area contributed by atoms with Gasteiger partial charge in [-0.15, -0.1) is 0 Å². The Hall–Kier alpha value is -2.38. The fourth-order valence-electron chi connectivity index (χ4n) is 3.34. The van der Waals surface area contributed by atoms with Gasteiger partial charge in [0, 0.05) is 32.7 Å². The van der Waals surface area contributed by atoms with Crippen molar-refractivity contribution in [3.8, 4) is 0 Å². The molecule has 1 aliphatic carbocycles. The van der Waals surface area contributed by atoms with E-state index in [1.807, 2.05) is 0 Å². The van der Waals surface area contributed by atoms with Crippen LogP contribution in [0.15, 0.2) is 6.20 Å². The molecule has 1 aromatic rings. The Balaban J connectivity index is 1.59. The maximum absolute atomic E-state index is 12.8. The van der Waals surface area contributed by atoms with Crippen LogP contribution >= 0.6 is 0 Å². The number of piperidine rings is 1. The molecule has 136 valence electrons. The molecule has 8 heteroatoms. The van der Waals surface area contributed by atoms with Crippen molar-refractivity contribution in [2.24, 2.45) is 13.0 Å². The molecule has 0 atom stereocenters. The van der Waals surface area contributed by atoms with Crippen molar-refractivity contribution >= 4 is 17.8 Å². The molecule has 3 rings (SSSR count). The number of hydrogen-bond acceptors (Lipinski definition) is 4. The molecular formula is C17H24N4O4. The maximum Gasteiger partial charge on any atom is 0.306 e. The van der Waals surface area contributed by atoms with E-state index in [0.717, 1.165) is 18.4 Å². The predicted octanol–water partition coefficient (Wildman–Crippen LogP) is 0.693. The van der Waals surface area contributed by atoms with Gasteiger partial charge in [0.25, 0.3) is 5.91 Å². The zero-order valence-corrected chi connectivity index (χ0v) is 14.6. The van der Waals surface area contributed by atoms with E-state index < -0.39 is 5.97 Å². The van der Waals surface area contributed by atoms with Crippen molar-refractivity contribution in [2.45, 2.75) is 31.6 Å². The third-order valence-corrected chi connectivity index (χ3v) is 5.10. The topological polar surface area (TPSA) is 95.7 Å². The number of carboxylic acid groups (broad SMARTS) is 1. The molecule has 1 N–H and O–H groups in total. The Morgan fingerprint density at radius 3 is 2.44 bits per heavy atom. The normalized spacial score (nSPS) is 18.2. The fourth-order valence-corrected chi connectivity index (χ4v) is 3.34. The first-order valence-electron chi connectivity index (χ1n) is 8.66. The summed E-state index contributed by atoms with van der Waals surface area (Å²) in [6, 6.07) is 0. The molecule has 25 heavy (non-hydrogen) atoms. The molecule has 1 saturated heterocycles. The summed E-state index contributed by atoms with van der Waals surface area (Å²) in [6.07, 6.45) is 4.83. The number of rotatable bonds is 5. The van der Waals surface area contributed by atoms with Crippen LogP contribution in [0, 0.1) is 5.92 Å². The summed E-state index contributed by atoms with van der Waals surface area (Å²) in [5.74, 6) is -1.11. The molecule has 2 aliphatic rings. The number of carbonyl (C=O) groups is 3. The zero-order valence-electron chi connectivity index (χ0n) is 14.6. The second-order valence-corrected chi connectivity index (χ2v) is 7.00. The van der Waals surface area contributed by atoms with Crippen LogP contribution in [0.2, 0.25) is 0 Å². The van der Waals surface area contributed by atoms with Crippen LogP contribution in [0.1, 0.15) is 47.7 Å². The standard InChI is InChI=1S/C17H24N4O4/c1-19(10-14(22)21-7-5-12(6-8-21)17(24)25)16(23)15-13(11-3-4-11)9-18-20(15)2/h9,11-12H,3-8,10H2,1-2H3,(H,24,25). The first-order chi connectivity index (χ1) is 11.9. The summed E-state index contributed by atoms with van der Waals surface area (Å²) in [5, 5.41) is 13.2. The van der Waals surface area contributed by atoms with Gasteiger partial charge in [0.2, 0.25) is 5.91 Å². The van der Waals surface area contributed by atoms with Crippen LogP contribution < -0.4 is 0 Å². The Morgan fingerprint density at radius 1 is 1.24 bits per heavy atom. The molecule has 2 amide bonds. The number of aromatic nitrogens is 2. The molecule has 0 aromatic carbocycles. The molecule has 0 spiro atoms. The lowest BCUT2D eigenvalue weighted by molar-refractivity contribution is -0.145. The molecule has 1 saturated carbocycles. The van der Waals surface area contributed by atoms with Gasteiger partial charge in [0.15, 0.2) is 0 Å². The first kappa shape index (κ1) is 17.4. The van der Waals surface area contributed by atoms with Crippen LogP contribution in [0.25, 0.3) is 0 Å². The van der Waals surface area contributed by atoms with Crippen molar-refractivity contribution in [3.63, 3.8) is 0 Å². The molecule has 1 aromatic heterocycles. The van der Waals surface area contributed by atoms with E-state index in [0.29, 0.717) is 37.5 Å². The molecule has 2 fully saturated rings. The van der Waals surface area contributed by atoms with Crippen LogP contribution in [-0.4, -0.2) is 69.2 Å². The average molecular weight is 348 g/mol. The Morgan fingerprint density at radius 2 is 1.88 bits per heavy atom.